The van der Waals surface area contributed by atoms with E-state index in [1.54, 1.807) is 36.4 Å². The number of rotatable bonds is 36. The average molecular weight is 743 g/mol. The van der Waals surface area contributed by atoms with Gasteiger partial charge >= 0.3 is 11.9 Å². The third-order valence-electron chi connectivity index (χ3n) is 9.40. The normalized spacial score (nSPS) is 12.3. The van der Waals surface area contributed by atoms with Crippen LogP contribution < -0.4 is 18.9 Å². The monoisotopic (exact) mass is 743 g/mol. The lowest BCUT2D eigenvalue weighted by molar-refractivity contribution is -0.146. The summed E-state index contributed by atoms with van der Waals surface area (Å²) in [6.07, 6.45) is 22.8. The number of benzene rings is 2. The Morgan fingerprint density at radius 2 is 0.755 bits per heavy atom. The number of para-hydroxylation sites is 4. The molecule has 0 amide bonds. The molecule has 0 saturated carbocycles. The van der Waals surface area contributed by atoms with E-state index in [4.69, 9.17) is 23.7 Å². The quantitative estimate of drug-likeness (QED) is 0.0657. The van der Waals surface area contributed by atoms with E-state index < -0.39 is 24.1 Å². The summed E-state index contributed by atoms with van der Waals surface area (Å²) in [7, 11) is 0. The molecule has 0 heterocycles. The van der Waals surface area contributed by atoms with Crippen molar-refractivity contribution in [3.05, 3.63) is 48.5 Å². The van der Waals surface area contributed by atoms with Crippen LogP contribution in [0.3, 0.4) is 0 Å². The van der Waals surface area contributed by atoms with E-state index in [9.17, 15) is 19.8 Å². The second kappa shape index (κ2) is 30.9. The van der Waals surface area contributed by atoms with Crippen molar-refractivity contribution in [2.75, 3.05) is 26.4 Å². The number of hydrogen-bond donors (Lipinski definition) is 2. The average Bonchev–Trinajstić information content (AvgIpc) is 3.15. The molecule has 53 heavy (non-hydrogen) atoms. The first kappa shape index (κ1) is 45.7. The minimum atomic E-state index is -0.974. The van der Waals surface area contributed by atoms with Crippen LogP contribution in [-0.2, 0) is 14.3 Å². The zero-order chi connectivity index (χ0) is 38.2. The van der Waals surface area contributed by atoms with Gasteiger partial charge in [0, 0.05) is 0 Å². The molecule has 2 aromatic rings. The van der Waals surface area contributed by atoms with Crippen LogP contribution in [0.25, 0.3) is 0 Å². The van der Waals surface area contributed by atoms with Crippen molar-refractivity contribution in [1.29, 1.82) is 0 Å². The number of ether oxygens (including phenoxy) is 5. The number of carboxylic acids is 2. The second-order valence-corrected chi connectivity index (χ2v) is 14.0. The molecule has 2 aromatic carbocycles. The van der Waals surface area contributed by atoms with Gasteiger partial charge in [0.1, 0.15) is 13.2 Å². The Hall–Kier alpha value is -3.46. The van der Waals surface area contributed by atoms with Gasteiger partial charge in [-0.15, -0.1) is 0 Å². The van der Waals surface area contributed by atoms with Gasteiger partial charge in [0.2, 0.25) is 0 Å². The summed E-state index contributed by atoms with van der Waals surface area (Å²) in [4.78, 5) is 23.9. The molecular weight excluding hydrogens is 672 g/mol. The molecule has 9 heteroatoms. The van der Waals surface area contributed by atoms with Gasteiger partial charge in [-0.2, -0.15) is 0 Å². The number of carboxylic acid groups (broad SMARTS) is 2. The van der Waals surface area contributed by atoms with E-state index in [0.717, 1.165) is 38.5 Å². The van der Waals surface area contributed by atoms with Crippen molar-refractivity contribution < 1.29 is 43.5 Å². The number of aliphatic carboxylic acids is 2. The highest BCUT2D eigenvalue weighted by molar-refractivity contribution is 5.73. The molecule has 0 aliphatic heterocycles. The third kappa shape index (κ3) is 22.4. The predicted octanol–water partition coefficient (Wildman–Crippen LogP) is 11.4. The standard InChI is InChI=1S/C44H70O9/c1-3-5-7-9-11-13-15-17-19-21-31-41(43(45)46)52-39-29-25-23-27-37(39)50-35-33-49-34-36-51-38-28-24-26-30-40(38)53-42(44(47)48)32-22-20-18-16-14-12-10-8-6-4-2/h23-30,41-42H,3-22,31-36H2,1-2H3,(H,45,46)(H,47,48). The van der Waals surface area contributed by atoms with Crippen molar-refractivity contribution in [1.82, 2.24) is 0 Å². The van der Waals surface area contributed by atoms with Gasteiger partial charge in [0.05, 0.1) is 13.2 Å². The highest BCUT2D eigenvalue weighted by Crippen LogP contribution is 2.30. The van der Waals surface area contributed by atoms with Gasteiger partial charge in [-0.25, -0.2) is 9.59 Å². The molecule has 2 rings (SSSR count). The topological polar surface area (TPSA) is 121 Å². The van der Waals surface area contributed by atoms with Crippen LogP contribution in [-0.4, -0.2) is 60.8 Å². The molecule has 9 nitrogen and oxygen atoms in total. The molecule has 2 unspecified atom stereocenters. The zero-order valence-electron chi connectivity index (χ0n) is 32.9. The molecule has 0 bridgehead atoms. The Morgan fingerprint density at radius 3 is 1.08 bits per heavy atom. The summed E-state index contributed by atoms with van der Waals surface area (Å²) in [6.45, 7) is 5.53. The molecular formula is C44H70O9. The summed E-state index contributed by atoms with van der Waals surface area (Å²) < 4.78 is 29.3. The van der Waals surface area contributed by atoms with Crippen LogP contribution >= 0.6 is 0 Å². The van der Waals surface area contributed by atoms with Crippen molar-refractivity contribution in [2.45, 2.75) is 167 Å². The highest BCUT2D eigenvalue weighted by atomic mass is 16.6. The van der Waals surface area contributed by atoms with E-state index in [1.165, 1.54) is 89.9 Å². The molecule has 0 saturated heterocycles. The molecule has 2 N–H and O–H groups in total. The summed E-state index contributed by atoms with van der Waals surface area (Å²) in [5.41, 5.74) is 0. The molecule has 0 radical (unpaired) electrons. The van der Waals surface area contributed by atoms with E-state index in [-0.39, 0.29) is 26.4 Å². The van der Waals surface area contributed by atoms with Crippen LogP contribution in [0.1, 0.15) is 155 Å². The molecule has 0 aliphatic rings. The lowest BCUT2D eigenvalue weighted by Crippen LogP contribution is -2.27. The number of unbranched alkanes of at least 4 members (excludes halogenated alkanes) is 18. The van der Waals surface area contributed by atoms with Gasteiger partial charge in [0.25, 0.3) is 0 Å². The fourth-order valence-electron chi connectivity index (χ4n) is 6.26. The lowest BCUT2D eigenvalue weighted by Gasteiger charge is -2.18. The van der Waals surface area contributed by atoms with Gasteiger partial charge in [0.15, 0.2) is 35.2 Å². The van der Waals surface area contributed by atoms with Gasteiger partial charge in [-0.3, -0.25) is 0 Å². The van der Waals surface area contributed by atoms with Crippen molar-refractivity contribution in [3.8, 4) is 23.0 Å². The summed E-state index contributed by atoms with van der Waals surface area (Å²) in [5.74, 6) is -0.200. The van der Waals surface area contributed by atoms with Crippen molar-refractivity contribution in [3.63, 3.8) is 0 Å². The van der Waals surface area contributed by atoms with Crippen LogP contribution in [0.5, 0.6) is 23.0 Å². The first-order chi connectivity index (χ1) is 26.0. The number of hydrogen-bond acceptors (Lipinski definition) is 7. The van der Waals surface area contributed by atoms with Crippen LogP contribution in [0, 0.1) is 0 Å². The Morgan fingerprint density at radius 1 is 0.453 bits per heavy atom. The Bertz CT molecular complexity index is 1110. The molecule has 0 aromatic heterocycles. The third-order valence-corrected chi connectivity index (χ3v) is 9.40. The summed E-state index contributed by atoms with van der Waals surface area (Å²) >= 11 is 0. The van der Waals surface area contributed by atoms with Gasteiger partial charge in [-0.1, -0.05) is 154 Å². The van der Waals surface area contributed by atoms with E-state index >= 15 is 0 Å². The minimum absolute atomic E-state index is 0.246. The molecule has 0 aliphatic carbocycles. The first-order valence-electron chi connectivity index (χ1n) is 20.8. The molecule has 2 atom stereocenters. The lowest BCUT2D eigenvalue weighted by atomic mass is 10.0. The Balaban J connectivity index is 1.66. The van der Waals surface area contributed by atoms with Crippen molar-refractivity contribution >= 4 is 11.9 Å². The molecule has 0 spiro atoms. The fourth-order valence-corrected chi connectivity index (χ4v) is 6.26. The summed E-state index contributed by atoms with van der Waals surface area (Å²) in [5, 5.41) is 19.6. The maximum atomic E-state index is 12.0. The first-order valence-corrected chi connectivity index (χ1v) is 20.8. The molecule has 0 fully saturated rings. The largest absolute Gasteiger partial charge is 0.487 e. The Labute approximate surface area is 320 Å². The maximum absolute atomic E-state index is 12.0. The fraction of sp³-hybridized carbons (Fsp3) is 0.682. The second-order valence-electron chi connectivity index (χ2n) is 14.0. The van der Waals surface area contributed by atoms with Crippen LogP contribution in [0.2, 0.25) is 0 Å². The summed E-state index contributed by atoms with van der Waals surface area (Å²) in [6, 6.07) is 14.2. The van der Waals surface area contributed by atoms with E-state index in [2.05, 4.69) is 13.8 Å². The smallest absolute Gasteiger partial charge is 0.344 e. The van der Waals surface area contributed by atoms with Gasteiger partial charge in [-0.05, 0) is 49.9 Å². The maximum Gasteiger partial charge on any atom is 0.344 e. The minimum Gasteiger partial charge on any atom is -0.487 e. The SMILES string of the molecule is CCCCCCCCCCCCC(Oc1ccccc1OCCOCCOc1ccccc1OC(CCCCCCCCCCCC)C(=O)O)C(=O)O. The zero-order valence-corrected chi connectivity index (χ0v) is 32.9. The molecule has 300 valence electrons. The van der Waals surface area contributed by atoms with Crippen molar-refractivity contribution in [2.24, 2.45) is 0 Å². The highest BCUT2D eigenvalue weighted by Gasteiger charge is 2.22. The van der Waals surface area contributed by atoms with Gasteiger partial charge < -0.3 is 33.9 Å². The van der Waals surface area contributed by atoms with Crippen LogP contribution in [0.15, 0.2) is 48.5 Å². The van der Waals surface area contributed by atoms with E-state index in [1.807, 2.05) is 12.1 Å². The van der Waals surface area contributed by atoms with E-state index in [0.29, 0.717) is 35.8 Å². The Kier molecular flexibility index (Phi) is 26.7. The number of carbonyl (C=O) groups is 2. The predicted molar refractivity (Wildman–Crippen MR) is 212 cm³/mol. The van der Waals surface area contributed by atoms with Crippen LogP contribution in [0.4, 0.5) is 0 Å².